The summed E-state index contributed by atoms with van der Waals surface area (Å²) in [6.07, 6.45) is 0. The largest absolute Gasteiger partial charge is 0.384 e. The molecule has 0 radical (unpaired) electrons. The van der Waals surface area contributed by atoms with Crippen LogP contribution in [0, 0.1) is 18.8 Å². The van der Waals surface area contributed by atoms with Gasteiger partial charge in [0.25, 0.3) is 0 Å². The Hall–Kier alpha value is -1.55. The fourth-order valence-electron chi connectivity index (χ4n) is 1.78. The van der Waals surface area contributed by atoms with Crippen LogP contribution in [0.3, 0.4) is 0 Å². The molecule has 110 valence electrons. The van der Waals surface area contributed by atoms with E-state index in [-0.39, 0.29) is 6.61 Å². The van der Waals surface area contributed by atoms with E-state index in [9.17, 15) is 8.42 Å². The Morgan fingerprint density at radius 1 is 1.30 bits per heavy atom. The maximum atomic E-state index is 12.1. The van der Waals surface area contributed by atoms with Crippen LogP contribution >= 0.6 is 0 Å². The topological polar surface area (TPSA) is 69.6 Å². The predicted molar refractivity (Wildman–Crippen MR) is 80.6 cm³/mol. The Kier molecular flexibility index (Phi) is 6.02. The van der Waals surface area contributed by atoms with Gasteiger partial charge in [0.1, 0.15) is 6.61 Å². The van der Waals surface area contributed by atoms with E-state index in [1.54, 1.807) is 32.0 Å². The third kappa shape index (κ3) is 4.23. The van der Waals surface area contributed by atoms with E-state index < -0.39 is 10.2 Å². The molecule has 0 unspecified atom stereocenters. The van der Waals surface area contributed by atoms with Crippen molar-refractivity contribution in [3.05, 3.63) is 29.3 Å². The number of benzene rings is 1. The van der Waals surface area contributed by atoms with Gasteiger partial charge in [0.15, 0.2) is 0 Å². The fourth-order valence-corrected chi connectivity index (χ4v) is 3.01. The Bertz CT molecular complexity index is 611. The van der Waals surface area contributed by atoms with Crippen LogP contribution in [0.25, 0.3) is 0 Å². The third-order valence-corrected chi connectivity index (χ3v) is 4.51. The van der Waals surface area contributed by atoms with Crippen molar-refractivity contribution in [2.75, 3.05) is 24.4 Å². The third-order valence-electron chi connectivity index (χ3n) is 2.82. The van der Waals surface area contributed by atoms with Crippen molar-refractivity contribution in [2.24, 2.45) is 0 Å². The molecule has 0 bridgehead atoms. The zero-order valence-electron chi connectivity index (χ0n) is 12.0. The highest BCUT2D eigenvalue weighted by atomic mass is 32.2. The number of anilines is 1. The van der Waals surface area contributed by atoms with Crippen molar-refractivity contribution < 1.29 is 13.5 Å². The molecule has 6 heteroatoms. The summed E-state index contributed by atoms with van der Waals surface area (Å²) < 4.78 is 28.1. The molecule has 0 aliphatic carbocycles. The summed E-state index contributed by atoms with van der Waals surface area (Å²) in [4.78, 5) is 0. The number of aliphatic hydroxyl groups is 1. The second-order valence-electron chi connectivity index (χ2n) is 4.18. The molecule has 1 rings (SSSR count). The van der Waals surface area contributed by atoms with Crippen LogP contribution in [0.5, 0.6) is 0 Å². The summed E-state index contributed by atoms with van der Waals surface area (Å²) in [5, 5.41) is 8.67. The first-order valence-electron chi connectivity index (χ1n) is 6.42. The highest BCUT2D eigenvalue weighted by Crippen LogP contribution is 2.16. The van der Waals surface area contributed by atoms with Gasteiger partial charge in [-0.1, -0.05) is 25.7 Å². The number of hydrogen-bond acceptors (Lipinski definition) is 3. The highest BCUT2D eigenvalue weighted by Gasteiger charge is 2.18. The van der Waals surface area contributed by atoms with Gasteiger partial charge in [0.2, 0.25) is 0 Å². The molecule has 0 saturated heterocycles. The maximum Gasteiger partial charge on any atom is 0.301 e. The predicted octanol–water partition coefficient (Wildman–Crippen LogP) is 1.34. The summed E-state index contributed by atoms with van der Waals surface area (Å²) >= 11 is 0. The molecule has 0 spiro atoms. The van der Waals surface area contributed by atoms with Crippen LogP contribution in [0.15, 0.2) is 18.2 Å². The highest BCUT2D eigenvalue weighted by molar-refractivity contribution is 7.90. The van der Waals surface area contributed by atoms with Gasteiger partial charge in [-0.25, -0.2) is 0 Å². The normalized spacial score (nSPS) is 11.1. The number of aryl methyl sites for hydroxylation is 1. The lowest BCUT2D eigenvalue weighted by molar-refractivity contribution is 0.350. The fraction of sp³-hybridized carbons (Fsp3) is 0.429. The van der Waals surface area contributed by atoms with E-state index in [1.807, 2.05) is 6.92 Å². The smallest absolute Gasteiger partial charge is 0.301 e. The molecule has 0 aromatic heterocycles. The van der Waals surface area contributed by atoms with E-state index in [4.69, 9.17) is 5.11 Å². The molecule has 1 aromatic carbocycles. The number of rotatable bonds is 5. The molecule has 5 nitrogen and oxygen atoms in total. The minimum Gasteiger partial charge on any atom is -0.384 e. The van der Waals surface area contributed by atoms with Crippen LogP contribution < -0.4 is 4.72 Å². The Morgan fingerprint density at radius 2 is 1.95 bits per heavy atom. The first-order valence-corrected chi connectivity index (χ1v) is 7.86. The van der Waals surface area contributed by atoms with Crippen LogP contribution in [-0.2, 0) is 10.2 Å². The van der Waals surface area contributed by atoms with E-state index in [1.165, 1.54) is 4.31 Å². The van der Waals surface area contributed by atoms with Crippen molar-refractivity contribution >= 4 is 15.9 Å². The molecule has 0 aliphatic heterocycles. The SMILES string of the molecule is CCN(CC)S(=O)(=O)Nc1ccc(C#CCO)c(C)c1. The summed E-state index contributed by atoms with van der Waals surface area (Å²) in [6.45, 7) is 6.07. The van der Waals surface area contributed by atoms with Gasteiger partial charge < -0.3 is 5.11 Å². The standard InChI is InChI=1S/C14H20N2O3S/c1-4-16(5-2)20(18,19)15-14-9-8-13(7-6-10-17)12(3)11-14/h8-9,11,15,17H,4-5,10H2,1-3H3. The summed E-state index contributed by atoms with van der Waals surface area (Å²) in [5.74, 6) is 5.38. The second-order valence-corrected chi connectivity index (χ2v) is 5.85. The summed E-state index contributed by atoms with van der Waals surface area (Å²) in [5.41, 5.74) is 2.12. The molecule has 0 atom stereocenters. The molecule has 0 fully saturated rings. The lowest BCUT2D eigenvalue weighted by atomic mass is 10.1. The van der Waals surface area contributed by atoms with E-state index in [2.05, 4.69) is 16.6 Å². The second kappa shape index (κ2) is 7.29. The molecule has 2 N–H and O–H groups in total. The monoisotopic (exact) mass is 296 g/mol. The zero-order chi connectivity index (χ0) is 15.2. The van der Waals surface area contributed by atoms with Crippen molar-refractivity contribution in [1.82, 2.24) is 4.31 Å². The van der Waals surface area contributed by atoms with Crippen LogP contribution in [0.4, 0.5) is 5.69 Å². The average molecular weight is 296 g/mol. The van der Waals surface area contributed by atoms with E-state index in [0.717, 1.165) is 11.1 Å². The summed E-state index contributed by atoms with van der Waals surface area (Å²) in [7, 11) is -3.51. The summed E-state index contributed by atoms with van der Waals surface area (Å²) in [6, 6.07) is 5.12. The lowest BCUT2D eigenvalue weighted by Gasteiger charge is -2.19. The van der Waals surface area contributed by atoms with Gasteiger partial charge in [0, 0.05) is 18.7 Å². The Labute approximate surface area is 120 Å². The molecule has 1 aromatic rings. The average Bonchev–Trinajstić information content (AvgIpc) is 2.38. The maximum absolute atomic E-state index is 12.1. The quantitative estimate of drug-likeness (QED) is 0.806. The van der Waals surface area contributed by atoms with Crippen molar-refractivity contribution in [3.8, 4) is 11.8 Å². The first-order chi connectivity index (χ1) is 9.44. The minimum absolute atomic E-state index is 0.199. The van der Waals surface area contributed by atoms with Crippen LogP contribution in [0.2, 0.25) is 0 Å². The zero-order valence-corrected chi connectivity index (χ0v) is 12.8. The van der Waals surface area contributed by atoms with Gasteiger partial charge in [-0.05, 0) is 30.7 Å². The van der Waals surface area contributed by atoms with Gasteiger partial charge in [-0.3, -0.25) is 4.72 Å². The number of aliphatic hydroxyl groups excluding tert-OH is 1. The van der Waals surface area contributed by atoms with Gasteiger partial charge in [0.05, 0.1) is 5.69 Å². The minimum atomic E-state index is -3.51. The van der Waals surface area contributed by atoms with E-state index in [0.29, 0.717) is 18.8 Å². The molecule has 0 amide bonds. The van der Waals surface area contributed by atoms with Gasteiger partial charge >= 0.3 is 10.2 Å². The number of hydrogen-bond donors (Lipinski definition) is 2. The molecular formula is C14H20N2O3S. The van der Waals surface area contributed by atoms with E-state index >= 15 is 0 Å². The lowest BCUT2D eigenvalue weighted by Crippen LogP contribution is -2.35. The van der Waals surface area contributed by atoms with Crippen molar-refractivity contribution in [1.29, 1.82) is 0 Å². The van der Waals surface area contributed by atoms with Crippen molar-refractivity contribution in [3.63, 3.8) is 0 Å². The molecule has 20 heavy (non-hydrogen) atoms. The molecule has 0 saturated carbocycles. The first kappa shape index (κ1) is 16.5. The Morgan fingerprint density at radius 3 is 2.45 bits per heavy atom. The number of nitrogens with one attached hydrogen (secondary N) is 1. The molecular weight excluding hydrogens is 276 g/mol. The van der Waals surface area contributed by atoms with Gasteiger partial charge in [-0.15, -0.1) is 0 Å². The van der Waals surface area contributed by atoms with Gasteiger partial charge in [-0.2, -0.15) is 12.7 Å². The van der Waals surface area contributed by atoms with Crippen LogP contribution in [0.1, 0.15) is 25.0 Å². The molecule has 0 aliphatic rings. The van der Waals surface area contributed by atoms with Crippen molar-refractivity contribution in [2.45, 2.75) is 20.8 Å². The number of nitrogens with zero attached hydrogens (tertiary/aromatic N) is 1. The van der Waals surface area contributed by atoms with Crippen LogP contribution in [-0.4, -0.2) is 37.5 Å². The Balaban J connectivity index is 2.97. The molecule has 0 heterocycles.